The lowest BCUT2D eigenvalue weighted by Gasteiger charge is -2.32. The second-order valence-electron chi connectivity index (χ2n) is 6.53. The fourth-order valence-electron chi connectivity index (χ4n) is 3.54. The molecule has 0 unspecified atom stereocenters. The summed E-state index contributed by atoms with van der Waals surface area (Å²) in [6.07, 6.45) is 7.51. The van der Waals surface area contributed by atoms with E-state index in [1.807, 2.05) is 13.1 Å². The lowest BCUT2D eigenvalue weighted by Crippen LogP contribution is -2.45. The molecule has 120 valence electrons. The van der Waals surface area contributed by atoms with E-state index in [9.17, 15) is 0 Å². The highest BCUT2D eigenvalue weighted by atomic mass is 16.5. The molecular weight excluding hydrogens is 274 g/mol. The summed E-state index contributed by atoms with van der Waals surface area (Å²) in [4.78, 5) is 4.36. The van der Waals surface area contributed by atoms with Crippen molar-refractivity contribution in [2.24, 2.45) is 4.99 Å². The zero-order chi connectivity index (χ0) is 15.4. The Kier molecular flexibility index (Phi) is 4.55. The lowest BCUT2D eigenvalue weighted by atomic mass is 9.78. The second kappa shape index (κ2) is 6.59. The summed E-state index contributed by atoms with van der Waals surface area (Å²) in [5.74, 6) is 1.94. The van der Waals surface area contributed by atoms with Crippen LogP contribution in [0.4, 0.5) is 0 Å². The molecule has 0 radical (unpaired) electrons. The minimum Gasteiger partial charge on any atom is -0.496 e. The van der Waals surface area contributed by atoms with Gasteiger partial charge in [-0.25, -0.2) is 0 Å². The van der Waals surface area contributed by atoms with Crippen LogP contribution in [0, 0.1) is 0 Å². The summed E-state index contributed by atoms with van der Waals surface area (Å²) in [7, 11) is 3.62. The fraction of sp³-hybridized carbons (Fsp3) is 0.611. The number of ether oxygens (including phenoxy) is 1. The Morgan fingerprint density at radius 2 is 2.00 bits per heavy atom. The van der Waals surface area contributed by atoms with Crippen molar-refractivity contribution in [2.45, 2.75) is 50.0 Å². The average molecular weight is 301 g/mol. The van der Waals surface area contributed by atoms with E-state index in [0.29, 0.717) is 6.04 Å². The van der Waals surface area contributed by atoms with Crippen molar-refractivity contribution >= 4 is 5.96 Å². The van der Waals surface area contributed by atoms with Gasteiger partial charge in [0, 0.05) is 30.6 Å². The quantitative estimate of drug-likeness (QED) is 0.649. The molecular formula is C18H27N3O. The van der Waals surface area contributed by atoms with Crippen LogP contribution in [0.3, 0.4) is 0 Å². The van der Waals surface area contributed by atoms with E-state index in [0.717, 1.165) is 18.3 Å². The van der Waals surface area contributed by atoms with E-state index in [1.54, 1.807) is 7.11 Å². The third-order valence-corrected chi connectivity index (χ3v) is 4.98. The van der Waals surface area contributed by atoms with Gasteiger partial charge in [-0.3, -0.25) is 4.99 Å². The number of hydrogen-bond acceptors (Lipinski definition) is 2. The van der Waals surface area contributed by atoms with E-state index in [1.165, 1.54) is 44.1 Å². The number of para-hydroxylation sites is 1. The molecule has 0 atom stereocenters. The van der Waals surface area contributed by atoms with Gasteiger partial charge >= 0.3 is 0 Å². The predicted molar refractivity (Wildman–Crippen MR) is 90.7 cm³/mol. The zero-order valence-electron chi connectivity index (χ0n) is 13.7. The summed E-state index contributed by atoms with van der Waals surface area (Å²) in [6, 6.07) is 9.09. The Morgan fingerprint density at radius 1 is 1.27 bits per heavy atom. The molecule has 0 saturated heterocycles. The van der Waals surface area contributed by atoms with Crippen molar-refractivity contribution in [3.8, 4) is 5.75 Å². The van der Waals surface area contributed by atoms with E-state index in [2.05, 4.69) is 33.8 Å². The minimum absolute atomic E-state index is 0.160. The van der Waals surface area contributed by atoms with Crippen LogP contribution in [-0.4, -0.2) is 32.7 Å². The highest BCUT2D eigenvalue weighted by molar-refractivity contribution is 5.80. The molecule has 1 aromatic rings. The van der Waals surface area contributed by atoms with Gasteiger partial charge in [-0.15, -0.1) is 0 Å². The molecule has 22 heavy (non-hydrogen) atoms. The largest absolute Gasteiger partial charge is 0.496 e. The first kappa shape index (κ1) is 15.2. The molecule has 0 aliphatic heterocycles. The van der Waals surface area contributed by atoms with Crippen LogP contribution in [-0.2, 0) is 5.41 Å². The first-order valence-corrected chi connectivity index (χ1v) is 8.38. The lowest BCUT2D eigenvalue weighted by molar-refractivity contribution is 0.371. The van der Waals surface area contributed by atoms with Crippen molar-refractivity contribution in [2.75, 3.05) is 20.7 Å². The Balaban J connectivity index is 1.76. The van der Waals surface area contributed by atoms with Crippen LogP contribution in [0.25, 0.3) is 0 Å². The highest BCUT2D eigenvalue weighted by Crippen LogP contribution is 2.44. The van der Waals surface area contributed by atoms with Gasteiger partial charge in [0.15, 0.2) is 5.96 Å². The normalized spacial score (nSPS) is 20.7. The molecule has 0 amide bonds. The summed E-state index contributed by atoms with van der Waals surface area (Å²) < 4.78 is 5.62. The number of hydrogen-bond donors (Lipinski definition) is 2. The molecule has 1 aromatic carbocycles. The van der Waals surface area contributed by atoms with Crippen molar-refractivity contribution in [1.29, 1.82) is 0 Å². The number of methoxy groups -OCH3 is 1. The fourth-order valence-corrected chi connectivity index (χ4v) is 3.54. The molecule has 0 aromatic heterocycles. The average Bonchev–Trinajstić information content (AvgIpc) is 3.26. The molecule has 2 aliphatic carbocycles. The number of aliphatic imine (C=N–C) groups is 1. The number of nitrogens with one attached hydrogen (secondary N) is 2. The second-order valence-corrected chi connectivity index (χ2v) is 6.53. The van der Waals surface area contributed by atoms with Crippen LogP contribution in [0.1, 0.15) is 44.1 Å². The monoisotopic (exact) mass is 301 g/mol. The smallest absolute Gasteiger partial charge is 0.191 e. The first-order chi connectivity index (χ1) is 10.8. The summed E-state index contributed by atoms with van der Waals surface area (Å²) in [5.41, 5.74) is 1.50. The Morgan fingerprint density at radius 3 is 2.64 bits per heavy atom. The molecule has 0 heterocycles. The van der Waals surface area contributed by atoms with Gasteiger partial charge in [0.25, 0.3) is 0 Å². The predicted octanol–water partition coefficient (Wildman–Crippen LogP) is 2.83. The molecule has 3 rings (SSSR count). The Bertz CT molecular complexity index is 531. The maximum Gasteiger partial charge on any atom is 0.191 e. The first-order valence-electron chi connectivity index (χ1n) is 8.38. The van der Waals surface area contributed by atoms with Crippen LogP contribution in [0.15, 0.2) is 29.3 Å². The maximum atomic E-state index is 5.62. The van der Waals surface area contributed by atoms with Crippen molar-refractivity contribution in [3.05, 3.63) is 29.8 Å². The standard InChI is InChI=1S/C18H27N3O/c1-19-17(21-14-9-10-14)20-13-18(11-5-6-12-18)15-7-3-4-8-16(15)22-2/h3-4,7-8,14H,5-6,9-13H2,1-2H3,(H2,19,20,21). The van der Waals surface area contributed by atoms with Crippen LogP contribution in [0.5, 0.6) is 5.75 Å². The van der Waals surface area contributed by atoms with Gasteiger partial charge < -0.3 is 15.4 Å². The number of guanidine groups is 1. The molecule has 2 saturated carbocycles. The van der Waals surface area contributed by atoms with Crippen molar-refractivity contribution in [3.63, 3.8) is 0 Å². The molecule has 2 N–H and O–H groups in total. The van der Waals surface area contributed by atoms with Gasteiger partial charge in [0.1, 0.15) is 5.75 Å². The number of rotatable bonds is 5. The van der Waals surface area contributed by atoms with Gasteiger partial charge in [-0.2, -0.15) is 0 Å². The Labute approximate surface area is 133 Å². The zero-order valence-corrected chi connectivity index (χ0v) is 13.7. The summed E-state index contributed by atoms with van der Waals surface area (Å²) in [5, 5.41) is 7.03. The molecule has 2 aliphatic rings. The van der Waals surface area contributed by atoms with E-state index < -0.39 is 0 Å². The number of nitrogens with zero attached hydrogens (tertiary/aromatic N) is 1. The van der Waals surface area contributed by atoms with Gasteiger partial charge in [0.2, 0.25) is 0 Å². The van der Waals surface area contributed by atoms with Crippen molar-refractivity contribution < 1.29 is 4.74 Å². The topological polar surface area (TPSA) is 45.7 Å². The third kappa shape index (κ3) is 3.21. The molecule has 4 heteroatoms. The van der Waals surface area contributed by atoms with Gasteiger partial charge in [-0.1, -0.05) is 31.0 Å². The molecule has 0 bridgehead atoms. The van der Waals surface area contributed by atoms with E-state index in [-0.39, 0.29) is 5.41 Å². The third-order valence-electron chi connectivity index (χ3n) is 4.98. The van der Waals surface area contributed by atoms with Gasteiger partial charge in [0.05, 0.1) is 7.11 Å². The SMILES string of the molecule is CN=C(NCC1(c2ccccc2OC)CCCC1)NC1CC1. The van der Waals surface area contributed by atoms with Crippen LogP contribution < -0.4 is 15.4 Å². The van der Waals surface area contributed by atoms with Gasteiger partial charge in [-0.05, 0) is 31.7 Å². The Hall–Kier alpha value is -1.71. The molecule has 2 fully saturated rings. The minimum atomic E-state index is 0.160. The van der Waals surface area contributed by atoms with Crippen LogP contribution in [0.2, 0.25) is 0 Å². The summed E-state index contributed by atoms with van der Waals surface area (Å²) >= 11 is 0. The van der Waals surface area contributed by atoms with Crippen LogP contribution >= 0.6 is 0 Å². The van der Waals surface area contributed by atoms with E-state index in [4.69, 9.17) is 4.74 Å². The number of benzene rings is 1. The van der Waals surface area contributed by atoms with Crippen molar-refractivity contribution in [1.82, 2.24) is 10.6 Å². The highest BCUT2D eigenvalue weighted by Gasteiger charge is 2.38. The molecule has 4 nitrogen and oxygen atoms in total. The van der Waals surface area contributed by atoms with E-state index >= 15 is 0 Å². The summed E-state index contributed by atoms with van der Waals surface area (Å²) in [6.45, 7) is 0.916. The molecule has 0 spiro atoms. The maximum absolute atomic E-state index is 5.62.